The lowest BCUT2D eigenvalue weighted by Gasteiger charge is -2.52. The van der Waals surface area contributed by atoms with Crippen LogP contribution >= 0.6 is 0 Å². The normalized spacial score (nSPS) is 35.3. The second-order valence-electron chi connectivity index (χ2n) is 9.89. The van der Waals surface area contributed by atoms with Gasteiger partial charge in [-0.25, -0.2) is 4.79 Å². The number of fused-ring (bicyclic) bond motifs is 5. The van der Waals surface area contributed by atoms with E-state index in [-0.39, 0.29) is 11.5 Å². The van der Waals surface area contributed by atoms with Gasteiger partial charge in [0.25, 0.3) is 0 Å². The molecular weight excluding hydrogens is 364 g/mol. The zero-order valence-electron chi connectivity index (χ0n) is 18.2. The van der Waals surface area contributed by atoms with Gasteiger partial charge in [0.1, 0.15) is 11.9 Å². The smallest absolute Gasteiger partial charge is 0.508 e. The van der Waals surface area contributed by atoms with Crippen molar-refractivity contribution in [1.29, 1.82) is 0 Å². The van der Waals surface area contributed by atoms with E-state index in [2.05, 4.69) is 26.8 Å². The molecule has 1 N–H and O–H groups in total. The molecule has 29 heavy (non-hydrogen) atoms. The van der Waals surface area contributed by atoms with Gasteiger partial charge in [-0.2, -0.15) is 0 Å². The average molecular weight is 401 g/mol. The fourth-order valence-electron chi connectivity index (χ4n) is 6.77. The maximum absolute atomic E-state index is 12.3. The summed E-state index contributed by atoms with van der Waals surface area (Å²) in [6.45, 7) is 7.31. The SMILES string of the molecule is CCCCCOC(=O)O[C@H]1CCC2C3C(CC[C@@]21C)c1ccc(O)cc1C[C@H]3C. The van der Waals surface area contributed by atoms with E-state index in [9.17, 15) is 9.90 Å². The number of carbonyl (C=O) groups excluding carboxylic acids is 1. The molecule has 1 aromatic rings. The molecule has 6 atom stereocenters. The molecule has 4 nitrogen and oxygen atoms in total. The number of rotatable bonds is 5. The van der Waals surface area contributed by atoms with E-state index in [4.69, 9.17) is 9.47 Å². The van der Waals surface area contributed by atoms with Crippen molar-refractivity contribution in [3.8, 4) is 5.75 Å². The summed E-state index contributed by atoms with van der Waals surface area (Å²) >= 11 is 0. The summed E-state index contributed by atoms with van der Waals surface area (Å²) in [5, 5.41) is 9.91. The lowest BCUT2D eigenvalue weighted by molar-refractivity contribution is -0.0618. The molecule has 4 heteroatoms. The Hall–Kier alpha value is -1.71. The van der Waals surface area contributed by atoms with Gasteiger partial charge < -0.3 is 14.6 Å². The van der Waals surface area contributed by atoms with Crippen LogP contribution in [0.15, 0.2) is 18.2 Å². The quantitative estimate of drug-likeness (QED) is 0.472. The van der Waals surface area contributed by atoms with Crippen LogP contribution < -0.4 is 0 Å². The van der Waals surface area contributed by atoms with Gasteiger partial charge >= 0.3 is 6.16 Å². The molecule has 0 amide bonds. The van der Waals surface area contributed by atoms with E-state index in [1.807, 2.05) is 12.1 Å². The topological polar surface area (TPSA) is 55.8 Å². The summed E-state index contributed by atoms with van der Waals surface area (Å²) in [5.41, 5.74) is 2.81. The van der Waals surface area contributed by atoms with Gasteiger partial charge in [0.15, 0.2) is 0 Å². The van der Waals surface area contributed by atoms with E-state index < -0.39 is 6.16 Å². The number of phenolic OH excluding ortho intramolecular Hbond substituents is 1. The van der Waals surface area contributed by atoms with E-state index in [0.29, 0.717) is 36.0 Å². The van der Waals surface area contributed by atoms with Gasteiger partial charge in [-0.15, -0.1) is 0 Å². The van der Waals surface area contributed by atoms with Crippen LogP contribution in [0.25, 0.3) is 0 Å². The van der Waals surface area contributed by atoms with Crippen molar-refractivity contribution in [2.45, 2.75) is 84.2 Å². The molecule has 1 aromatic carbocycles. The number of phenols is 1. The highest BCUT2D eigenvalue weighted by Gasteiger charge is 2.57. The standard InChI is InChI=1S/C25H36O4/c1-4-5-6-13-28-24(27)29-22-10-9-21-23-16(2)14-17-15-18(26)7-8-19(17)20(23)11-12-25(21,22)3/h7-8,15-16,20-23,26H,4-6,9-14H2,1-3H3/t16-,20?,21?,22+,23?,25+/m1/s1. The summed E-state index contributed by atoms with van der Waals surface area (Å²) in [6, 6.07) is 5.95. The second-order valence-corrected chi connectivity index (χ2v) is 9.89. The number of benzene rings is 1. The van der Waals surface area contributed by atoms with Crippen molar-refractivity contribution in [2.24, 2.45) is 23.2 Å². The number of carbonyl (C=O) groups is 1. The van der Waals surface area contributed by atoms with Crippen molar-refractivity contribution >= 4 is 6.16 Å². The van der Waals surface area contributed by atoms with E-state index in [1.165, 1.54) is 11.1 Å². The first-order chi connectivity index (χ1) is 13.9. The highest BCUT2D eigenvalue weighted by atomic mass is 16.7. The molecule has 3 aliphatic rings. The first kappa shape index (κ1) is 20.6. The lowest BCUT2D eigenvalue weighted by Crippen LogP contribution is -2.47. The molecule has 0 spiro atoms. The minimum atomic E-state index is -0.479. The number of hydrogen-bond acceptors (Lipinski definition) is 4. The van der Waals surface area contributed by atoms with Gasteiger partial charge in [0.2, 0.25) is 0 Å². The van der Waals surface area contributed by atoms with Crippen molar-refractivity contribution in [3.63, 3.8) is 0 Å². The molecule has 0 aliphatic heterocycles. The molecule has 3 unspecified atom stereocenters. The van der Waals surface area contributed by atoms with Crippen molar-refractivity contribution in [1.82, 2.24) is 0 Å². The van der Waals surface area contributed by atoms with Crippen LogP contribution in [0.3, 0.4) is 0 Å². The summed E-state index contributed by atoms with van der Waals surface area (Å²) in [4.78, 5) is 12.3. The third-order valence-electron chi connectivity index (χ3n) is 8.18. The molecule has 0 aromatic heterocycles. The highest BCUT2D eigenvalue weighted by molar-refractivity contribution is 5.60. The zero-order chi connectivity index (χ0) is 20.6. The Morgan fingerprint density at radius 2 is 2.07 bits per heavy atom. The van der Waals surface area contributed by atoms with E-state index in [0.717, 1.165) is 51.4 Å². The monoisotopic (exact) mass is 400 g/mol. The molecule has 0 heterocycles. The van der Waals surface area contributed by atoms with Crippen molar-refractivity contribution < 1.29 is 19.4 Å². The van der Waals surface area contributed by atoms with Gasteiger partial charge in [-0.1, -0.05) is 39.7 Å². The summed E-state index contributed by atoms with van der Waals surface area (Å²) in [7, 11) is 0. The lowest BCUT2D eigenvalue weighted by atomic mass is 9.53. The van der Waals surface area contributed by atoms with Crippen LogP contribution in [0.1, 0.15) is 82.8 Å². The number of hydrogen-bond donors (Lipinski definition) is 1. The third-order valence-corrected chi connectivity index (χ3v) is 8.18. The van der Waals surface area contributed by atoms with Crippen LogP contribution in [-0.2, 0) is 15.9 Å². The molecule has 0 bridgehead atoms. The molecule has 160 valence electrons. The largest absolute Gasteiger partial charge is 0.508 e. The molecule has 4 rings (SSSR count). The van der Waals surface area contributed by atoms with Crippen LogP contribution in [0.4, 0.5) is 4.79 Å². The molecule has 2 saturated carbocycles. The molecular formula is C25H36O4. The third kappa shape index (κ3) is 3.75. The average Bonchev–Trinajstić information content (AvgIpc) is 3.01. The van der Waals surface area contributed by atoms with Crippen LogP contribution in [0.2, 0.25) is 0 Å². The van der Waals surface area contributed by atoms with Gasteiger partial charge in [0, 0.05) is 5.41 Å². The Balaban J connectivity index is 1.46. The minimum absolute atomic E-state index is 0.0273. The van der Waals surface area contributed by atoms with E-state index in [1.54, 1.807) is 0 Å². The first-order valence-electron chi connectivity index (χ1n) is 11.6. The predicted octanol–water partition coefficient (Wildman–Crippen LogP) is 6.21. The Labute approximate surface area is 175 Å². The Kier molecular flexibility index (Phi) is 5.81. The first-order valence-corrected chi connectivity index (χ1v) is 11.6. The minimum Gasteiger partial charge on any atom is -0.508 e. The summed E-state index contributed by atoms with van der Waals surface area (Å²) < 4.78 is 11.2. The predicted molar refractivity (Wildman–Crippen MR) is 113 cm³/mol. The summed E-state index contributed by atoms with van der Waals surface area (Å²) in [5.74, 6) is 2.73. The Morgan fingerprint density at radius 1 is 1.24 bits per heavy atom. The number of aromatic hydroxyl groups is 1. The Morgan fingerprint density at radius 3 is 2.86 bits per heavy atom. The highest BCUT2D eigenvalue weighted by Crippen LogP contribution is 2.62. The molecule has 2 fully saturated rings. The molecule has 0 saturated heterocycles. The zero-order valence-corrected chi connectivity index (χ0v) is 18.2. The van der Waals surface area contributed by atoms with Crippen LogP contribution in [0, 0.1) is 23.2 Å². The van der Waals surface area contributed by atoms with Crippen LogP contribution in [0.5, 0.6) is 5.75 Å². The van der Waals surface area contributed by atoms with Gasteiger partial charge in [0.05, 0.1) is 6.61 Å². The van der Waals surface area contributed by atoms with Crippen molar-refractivity contribution in [2.75, 3.05) is 6.61 Å². The Bertz CT molecular complexity index is 744. The number of unbranched alkanes of at least 4 members (excludes halogenated alkanes) is 2. The summed E-state index contributed by atoms with van der Waals surface area (Å²) in [6.07, 6.45) is 7.92. The maximum Gasteiger partial charge on any atom is 0.508 e. The van der Waals surface area contributed by atoms with Gasteiger partial charge in [-0.3, -0.25) is 0 Å². The van der Waals surface area contributed by atoms with Crippen molar-refractivity contribution in [3.05, 3.63) is 29.3 Å². The van der Waals surface area contributed by atoms with Crippen LogP contribution in [-0.4, -0.2) is 24.0 Å². The number of ether oxygens (including phenoxy) is 2. The fraction of sp³-hybridized carbons (Fsp3) is 0.720. The van der Waals surface area contributed by atoms with E-state index >= 15 is 0 Å². The maximum atomic E-state index is 12.3. The van der Waals surface area contributed by atoms with Gasteiger partial charge in [-0.05, 0) is 85.5 Å². The second kappa shape index (κ2) is 8.20. The molecule has 3 aliphatic carbocycles. The molecule has 0 radical (unpaired) electrons. The fourth-order valence-corrected chi connectivity index (χ4v) is 6.77.